The number of carbonyl (C=O) groups excluding carboxylic acids is 2. The Bertz CT molecular complexity index is 1280. The SMILES string of the molecule is Cc1ccc(C)c(/C(O)=C2\C(=O)C(=O)N(c3cc(F)ccc3F)C2c2ccc(F)cc2)c1. The number of anilines is 1. The molecule has 7 heteroatoms. The molecule has 1 aliphatic rings. The molecule has 1 N–H and O–H groups in total. The van der Waals surface area contributed by atoms with Crippen LogP contribution in [0.15, 0.2) is 66.2 Å². The van der Waals surface area contributed by atoms with Gasteiger partial charge in [-0.05, 0) is 55.3 Å². The molecular formula is C25H18F3NO3. The molecule has 0 spiro atoms. The number of ketones is 1. The number of nitrogens with zero attached hydrogens (tertiary/aromatic N) is 1. The molecule has 3 aromatic rings. The lowest BCUT2D eigenvalue weighted by Gasteiger charge is -2.26. The fraction of sp³-hybridized carbons (Fsp3) is 0.120. The van der Waals surface area contributed by atoms with Gasteiger partial charge in [0.05, 0.1) is 17.3 Å². The standard InChI is InChI=1S/C25H18F3NO3/c1-13-3-4-14(2)18(11-13)23(30)21-22(15-5-7-16(26)8-6-15)29(25(32)24(21)31)20-12-17(27)9-10-19(20)28/h3-12,22,30H,1-2H3/b23-21+. The first kappa shape index (κ1) is 21.4. The van der Waals surface area contributed by atoms with E-state index in [1.54, 1.807) is 26.0 Å². The second kappa shape index (κ2) is 8.00. The van der Waals surface area contributed by atoms with E-state index in [0.717, 1.165) is 40.8 Å². The summed E-state index contributed by atoms with van der Waals surface area (Å²) in [7, 11) is 0. The molecule has 1 saturated heterocycles. The maximum atomic E-state index is 14.6. The van der Waals surface area contributed by atoms with Crippen molar-refractivity contribution < 1.29 is 27.9 Å². The van der Waals surface area contributed by atoms with Gasteiger partial charge < -0.3 is 5.11 Å². The van der Waals surface area contributed by atoms with Crippen LogP contribution < -0.4 is 4.90 Å². The number of hydrogen-bond acceptors (Lipinski definition) is 3. The summed E-state index contributed by atoms with van der Waals surface area (Å²) in [6.45, 7) is 3.53. The molecule has 1 unspecified atom stereocenters. The van der Waals surface area contributed by atoms with Gasteiger partial charge in [-0.15, -0.1) is 0 Å². The number of Topliss-reactive ketones (excluding diaryl/α,β-unsaturated/α-hetero) is 1. The monoisotopic (exact) mass is 437 g/mol. The van der Waals surface area contributed by atoms with E-state index in [1.807, 2.05) is 6.07 Å². The molecule has 0 aliphatic carbocycles. The van der Waals surface area contributed by atoms with Gasteiger partial charge in [0.2, 0.25) is 0 Å². The van der Waals surface area contributed by atoms with Gasteiger partial charge >= 0.3 is 0 Å². The maximum Gasteiger partial charge on any atom is 0.300 e. The Labute approximate surface area is 182 Å². The Hall–Kier alpha value is -3.87. The predicted molar refractivity (Wildman–Crippen MR) is 113 cm³/mol. The second-order valence-corrected chi connectivity index (χ2v) is 7.63. The molecule has 162 valence electrons. The first-order chi connectivity index (χ1) is 15.2. The Kier molecular flexibility index (Phi) is 5.34. The number of amides is 1. The van der Waals surface area contributed by atoms with Crippen molar-refractivity contribution >= 4 is 23.1 Å². The highest BCUT2D eigenvalue weighted by molar-refractivity contribution is 6.51. The van der Waals surface area contributed by atoms with Gasteiger partial charge in [-0.2, -0.15) is 0 Å². The largest absolute Gasteiger partial charge is 0.507 e. The van der Waals surface area contributed by atoms with Crippen LogP contribution in [0.25, 0.3) is 5.76 Å². The Balaban J connectivity index is 2.01. The van der Waals surface area contributed by atoms with E-state index < -0.39 is 46.6 Å². The van der Waals surface area contributed by atoms with Gasteiger partial charge in [-0.3, -0.25) is 14.5 Å². The first-order valence-corrected chi connectivity index (χ1v) is 9.78. The maximum absolute atomic E-state index is 14.6. The number of hydrogen-bond donors (Lipinski definition) is 1. The van der Waals surface area contributed by atoms with E-state index in [-0.39, 0.29) is 11.1 Å². The highest BCUT2D eigenvalue weighted by atomic mass is 19.1. The average Bonchev–Trinajstić information content (AvgIpc) is 3.02. The molecule has 4 rings (SSSR count). The zero-order valence-electron chi connectivity index (χ0n) is 17.2. The van der Waals surface area contributed by atoms with Crippen LogP contribution in [-0.4, -0.2) is 16.8 Å². The number of benzene rings is 3. The normalized spacial score (nSPS) is 17.8. The van der Waals surface area contributed by atoms with Crippen LogP contribution in [0.1, 0.15) is 28.3 Å². The van der Waals surface area contributed by atoms with Crippen molar-refractivity contribution in [1.29, 1.82) is 0 Å². The van der Waals surface area contributed by atoms with Crippen molar-refractivity contribution in [3.8, 4) is 0 Å². The summed E-state index contributed by atoms with van der Waals surface area (Å²) >= 11 is 0. The lowest BCUT2D eigenvalue weighted by Crippen LogP contribution is -2.30. The summed E-state index contributed by atoms with van der Waals surface area (Å²) < 4.78 is 42.1. The highest BCUT2D eigenvalue weighted by Crippen LogP contribution is 2.43. The molecule has 0 radical (unpaired) electrons. The van der Waals surface area contributed by atoms with E-state index in [0.29, 0.717) is 11.1 Å². The van der Waals surface area contributed by atoms with Crippen molar-refractivity contribution in [1.82, 2.24) is 0 Å². The van der Waals surface area contributed by atoms with Crippen LogP contribution in [-0.2, 0) is 9.59 Å². The van der Waals surface area contributed by atoms with Crippen LogP contribution in [0.2, 0.25) is 0 Å². The smallest absolute Gasteiger partial charge is 0.300 e. The molecule has 1 amide bonds. The van der Waals surface area contributed by atoms with Gasteiger partial charge in [0.1, 0.15) is 23.2 Å². The fourth-order valence-corrected chi connectivity index (χ4v) is 3.85. The van der Waals surface area contributed by atoms with Gasteiger partial charge in [-0.1, -0.05) is 29.8 Å². The molecule has 0 saturated carbocycles. The zero-order chi connectivity index (χ0) is 23.2. The van der Waals surface area contributed by atoms with Gasteiger partial charge in [0, 0.05) is 11.6 Å². The van der Waals surface area contributed by atoms with E-state index in [1.165, 1.54) is 12.1 Å². The fourth-order valence-electron chi connectivity index (χ4n) is 3.85. The third-order valence-corrected chi connectivity index (χ3v) is 5.45. The molecule has 3 aromatic carbocycles. The van der Waals surface area contributed by atoms with Crippen LogP contribution in [0.4, 0.5) is 18.9 Å². The zero-order valence-corrected chi connectivity index (χ0v) is 17.2. The molecule has 1 heterocycles. The highest BCUT2D eigenvalue weighted by Gasteiger charge is 2.48. The number of aryl methyl sites for hydroxylation is 2. The average molecular weight is 437 g/mol. The summed E-state index contributed by atoms with van der Waals surface area (Å²) in [5.74, 6) is -4.92. The summed E-state index contributed by atoms with van der Waals surface area (Å²) in [4.78, 5) is 26.8. The Morgan fingerprint density at radius 2 is 1.53 bits per heavy atom. The summed E-state index contributed by atoms with van der Waals surface area (Å²) in [5.41, 5.74) is 1.28. The molecule has 0 bridgehead atoms. The van der Waals surface area contributed by atoms with E-state index >= 15 is 0 Å². The summed E-state index contributed by atoms with van der Waals surface area (Å²) in [5, 5.41) is 11.1. The van der Waals surface area contributed by atoms with Crippen LogP contribution in [0.5, 0.6) is 0 Å². The van der Waals surface area contributed by atoms with Crippen molar-refractivity contribution in [3.05, 3.63) is 106 Å². The molecular weight excluding hydrogens is 419 g/mol. The van der Waals surface area contributed by atoms with Crippen molar-refractivity contribution in [3.63, 3.8) is 0 Å². The topological polar surface area (TPSA) is 57.6 Å². The third-order valence-electron chi connectivity index (χ3n) is 5.45. The lowest BCUT2D eigenvalue weighted by atomic mass is 9.93. The van der Waals surface area contributed by atoms with Gasteiger partial charge in [0.25, 0.3) is 11.7 Å². The molecule has 32 heavy (non-hydrogen) atoms. The quantitative estimate of drug-likeness (QED) is 0.342. The van der Waals surface area contributed by atoms with E-state index in [4.69, 9.17) is 0 Å². The predicted octanol–water partition coefficient (Wildman–Crippen LogP) is 5.35. The lowest BCUT2D eigenvalue weighted by molar-refractivity contribution is -0.132. The van der Waals surface area contributed by atoms with Crippen molar-refractivity contribution in [2.75, 3.05) is 4.90 Å². The van der Waals surface area contributed by atoms with Gasteiger partial charge in [0.15, 0.2) is 0 Å². The molecule has 1 aliphatic heterocycles. The van der Waals surface area contributed by atoms with E-state index in [2.05, 4.69) is 0 Å². The minimum absolute atomic E-state index is 0.251. The number of carbonyl (C=O) groups is 2. The minimum atomic E-state index is -1.29. The molecule has 0 aromatic heterocycles. The molecule has 4 nitrogen and oxygen atoms in total. The van der Waals surface area contributed by atoms with Crippen molar-refractivity contribution in [2.45, 2.75) is 19.9 Å². The number of halogens is 3. The minimum Gasteiger partial charge on any atom is -0.507 e. The van der Waals surface area contributed by atoms with Crippen LogP contribution in [0, 0.1) is 31.3 Å². The van der Waals surface area contributed by atoms with Crippen molar-refractivity contribution in [2.24, 2.45) is 0 Å². The number of aliphatic hydroxyl groups is 1. The molecule has 1 atom stereocenters. The Morgan fingerprint density at radius 3 is 2.22 bits per heavy atom. The third kappa shape index (κ3) is 3.56. The Morgan fingerprint density at radius 1 is 0.875 bits per heavy atom. The number of rotatable bonds is 3. The second-order valence-electron chi connectivity index (χ2n) is 7.63. The summed E-state index contributed by atoms with van der Waals surface area (Å²) in [6, 6.07) is 11.4. The number of aliphatic hydroxyl groups excluding tert-OH is 1. The van der Waals surface area contributed by atoms with E-state index in [9.17, 15) is 27.9 Å². The first-order valence-electron chi connectivity index (χ1n) is 9.78. The van der Waals surface area contributed by atoms with Crippen LogP contribution >= 0.6 is 0 Å². The summed E-state index contributed by atoms with van der Waals surface area (Å²) in [6.07, 6.45) is 0. The van der Waals surface area contributed by atoms with Crippen LogP contribution in [0.3, 0.4) is 0 Å². The van der Waals surface area contributed by atoms with Gasteiger partial charge in [-0.25, -0.2) is 13.2 Å². The molecule has 1 fully saturated rings.